The molecule has 5 heteroatoms. The van der Waals surface area contributed by atoms with Crippen LogP contribution in [0.25, 0.3) is 0 Å². The minimum Gasteiger partial charge on any atom is -0.391 e. The number of carbonyl (C=O) groups excluding carboxylic acids is 1. The maximum atomic E-state index is 11.9. The van der Waals surface area contributed by atoms with Crippen LogP contribution in [0.5, 0.6) is 0 Å². The van der Waals surface area contributed by atoms with E-state index in [1.165, 1.54) is 0 Å². The minimum absolute atomic E-state index is 0.0848. The quantitative estimate of drug-likeness (QED) is 0.696. The van der Waals surface area contributed by atoms with Gasteiger partial charge in [0.05, 0.1) is 6.10 Å². The SMILES string of the molecule is CC1CCN(C(=O)c2ccn[nH]2)CC1O. The van der Waals surface area contributed by atoms with Crippen molar-refractivity contribution in [2.75, 3.05) is 13.1 Å². The summed E-state index contributed by atoms with van der Waals surface area (Å²) in [6.45, 7) is 3.12. The van der Waals surface area contributed by atoms with E-state index < -0.39 is 6.10 Å². The van der Waals surface area contributed by atoms with Crippen LogP contribution in [-0.2, 0) is 0 Å². The van der Waals surface area contributed by atoms with Crippen molar-refractivity contribution in [3.8, 4) is 0 Å². The lowest BCUT2D eigenvalue weighted by molar-refractivity contribution is 0.0245. The van der Waals surface area contributed by atoms with E-state index >= 15 is 0 Å². The Balaban J connectivity index is 2.03. The number of β-amino-alcohol motifs (C(OH)–C–C–N with tert-alkyl or cyclic N) is 1. The molecular weight excluding hydrogens is 194 g/mol. The number of piperidine rings is 1. The lowest BCUT2D eigenvalue weighted by atomic mass is 9.96. The fourth-order valence-corrected chi connectivity index (χ4v) is 1.78. The zero-order valence-corrected chi connectivity index (χ0v) is 8.68. The second kappa shape index (κ2) is 4.02. The number of likely N-dealkylation sites (tertiary alicyclic amines) is 1. The second-order valence-electron chi connectivity index (χ2n) is 4.05. The normalized spacial score (nSPS) is 26.7. The fourth-order valence-electron chi connectivity index (χ4n) is 1.78. The van der Waals surface area contributed by atoms with E-state index in [0.717, 1.165) is 6.42 Å². The Labute approximate surface area is 88.1 Å². The van der Waals surface area contributed by atoms with Crippen LogP contribution in [0.3, 0.4) is 0 Å². The molecule has 0 bridgehead atoms. The average Bonchev–Trinajstić information content (AvgIpc) is 2.74. The summed E-state index contributed by atoms with van der Waals surface area (Å²) in [5.41, 5.74) is 0.483. The number of carbonyl (C=O) groups is 1. The summed E-state index contributed by atoms with van der Waals surface area (Å²) < 4.78 is 0. The summed E-state index contributed by atoms with van der Waals surface area (Å²) in [4.78, 5) is 13.5. The lowest BCUT2D eigenvalue weighted by Gasteiger charge is -2.33. The average molecular weight is 209 g/mol. The van der Waals surface area contributed by atoms with Gasteiger partial charge in [-0.2, -0.15) is 5.10 Å². The maximum Gasteiger partial charge on any atom is 0.271 e. The zero-order valence-electron chi connectivity index (χ0n) is 8.68. The Kier molecular flexibility index (Phi) is 2.73. The minimum atomic E-state index is -0.411. The molecule has 0 aliphatic carbocycles. The van der Waals surface area contributed by atoms with Crippen molar-refractivity contribution in [2.45, 2.75) is 19.4 Å². The molecular formula is C10H15N3O2. The largest absolute Gasteiger partial charge is 0.391 e. The number of hydrogen-bond donors (Lipinski definition) is 2. The highest BCUT2D eigenvalue weighted by atomic mass is 16.3. The van der Waals surface area contributed by atoms with Gasteiger partial charge in [-0.15, -0.1) is 0 Å². The van der Waals surface area contributed by atoms with Crippen molar-refractivity contribution in [2.24, 2.45) is 5.92 Å². The number of amides is 1. The van der Waals surface area contributed by atoms with E-state index in [9.17, 15) is 9.90 Å². The van der Waals surface area contributed by atoms with Crippen molar-refractivity contribution < 1.29 is 9.90 Å². The molecule has 82 valence electrons. The number of aromatic nitrogens is 2. The van der Waals surface area contributed by atoms with Crippen molar-refractivity contribution >= 4 is 5.91 Å². The molecule has 1 aliphatic rings. The number of aromatic amines is 1. The van der Waals surface area contributed by atoms with E-state index in [0.29, 0.717) is 18.8 Å². The molecule has 1 fully saturated rings. The van der Waals surface area contributed by atoms with E-state index in [4.69, 9.17) is 0 Å². The van der Waals surface area contributed by atoms with Crippen molar-refractivity contribution in [3.05, 3.63) is 18.0 Å². The zero-order chi connectivity index (χ0) is 10.8. The van der Waals surface area contributed by atoms with Gasteiger partial charge in [0.2, 0.25) is 0 Å². The first kappa shape index (κ1) is 10.2. The number of aliphatic hydroxyl groups is 1. The van der Waals surface area contributed by atoms with Crippen LogP contribution in [0.1, 0.15) is 23.8 Å². The van der Waals surface area contributed by atoms with Crippen molar-refractivity contribution in [1.82, 2.24) is 15.1 Å². The first-order valence-corrected chi connectivity index (χ1v) is 5.15. The summed E-state index contributed by atoms with van der Waals surface area (Å²) in [5, 5.41) is 16.0. The molecule has 0 saturated carbocycles. The number of nitrogens with one attached hydrogen (secondary N) is 1. The Morgan fingerprint density at radius 3 is 3.13 bits per heavy atom. The van der Waals surface area contributed by atoms with Crippen molar-refractivity contribution in [1.29, 1.82) is 0 Å². The summed E-state index contributed by atoms with van der Waals surface area (Å²) >= 11 is 0. The van der Waals surface area contributed by atoms with Gasteiger partial charge in [-0.25, -0.2) is 0 Å². The molecule has 5 nitrogen and oxygen atoms in total. The Morgan fingerprint density at radius 1 is 1.73 bits per heavy atom. The smallest absolute Gasteiger partial charge is 0.271 e. The maximum absolute atomic E-state index is 11.9. The molecule has 1 aromatic heterocycles. The van der Waals surface area contributed by atoms with Gasteiger partial charge in [0, 0.05) is 19.3 Å². The molecule has 1 amide bonds. The third-order valence-corrected chi connectivity index (χ3v) is 2.94. The predicted octanol–water partition coefficient (Wildman–Crippen LogP) is 0.253. The third-order valence-electron chi connectivity index (χ3n) is 2.94. The van der Waals surface area contributed by atoms with Gasteiger partial charge < -0.3 is 10.0 Å². The molecule has 0 radical (unpaired) electrons. The lowest BCUT2D eigenvalue weighted by Crippen LogP contribution is -2.45. The number of aliphatic hydroxyl groups excluding tert-OH is 1. The standard InChI is InChI=1S/C10H15N3O2/c1-7-3-5-13(6-9(7)14)10(15)8-2-4-11-12-8/h2,4,7,9,14H,3,5-6H2,1H3,(H,11,12). The fraction of sp³-hybridized carbons (Fsp3) is 0.600. The number of hydrogen-bond acceptors (Lipinski definition) is 3. The Hall–Kier alpha value is -1.36. The first-order valence-electron chi connectivity index (χ1n) is 5.15. The van der Waals surface area contributed by atoms with Crippen LogP contribution in [0, 0.1) is 5.92 Å². The molecule has 2 N–H and O–H groups in total. The van der Waals surface area contributed by atoms with Crippen LogP contribution in [0.2, 0.25) is 0 Å². The van der Waals surface area contributed by atoms with Gasteiger partial charge >= 0.3 is 0 Å². The van der Waals surface area contributed by atoms with E-state index in [1.807, 2.05) is 6.92 Å². The van der Waals surface area contributed by atoms with Gasteiger partial charge in [-0.1, -0.05) is 6.92 Å². The molecule has 1 saturated heterocycles. The van der Waals surface area contributed by atoms with Crippen LogP contribution in [0.15, 0.2) is 12.3 Å². The van der Waals surface area contributed by atoms with Gasteiger partial charge in [-0.05, 0) is 18.4 Å². The Bertz CT molecular complexity index is 336. The highest BCUT2D eigenvalue weighted by molar-refractivity contribution is 5.92. The van der Waals surface area contributed by atoms with E-state index in [2.05, 4.69) is 10.2 Å². The molecule has 1 aliphatic heterocycles. The Morgan fingerprint density at radius 2 is 2.53 bits per heavy atom. The van der Waals surface area contributed by atoms with Gasteiger partial charge in [0.25, 0.3) is 5.91 Å². The summed E-state index contributed by atoms with van der Waals surface area (Å²) in [6.07, 6.45) is 1.99. The molecule has 2 unspecified atom stereocenters. The van der Waals surface area contributed by atoms with Gasteiger partial charge in [0.15, 0.2) is 0 Å². The molecule has 15 heavy (non-hydrogen) atoms. The number of rotatable bonds is 1. The highest BCUT2D eigenvalue weighted by Crippen LogP contribution is 2.18. The number of nitrogens with zero attached hydrogens (tertiary/aromatic N) is 2. The van der Waals surface area contributed by atoms with Crippen molar-refractivity contribution in [3.63, 3.8) is 0 Å². The van der Waals surface area contributed by atoms with Crippen LogP contribution in [-0.4, -0.2) is 45.3 Å². The topological polar surface area (TPSA) is 69.2 Å². The molecule has 2 heterocycles. The van der Waals surface area contributed by atoms with Crippen LogP contribution >= 0.6 is 0 Å². The summed E-state index contributed by atoms with van der Waals surface area (Å²) in [7, 11) is 0. The highest BCUT2D eigenvalue weighted by Gasteiger charge is 2.28. The predicted molar refractivity (Wildman–Crippen MR) is 54.3 cm³/mol. The summed E-state index contributed by atoms with van der Waals surface area (Å²) in [5.74, 6) is 0.189. The van der Waals surface area contributed by atoms with E-state index in [1.54, 1.807) is 17.2 Å². The third kappa shape index (κ3) is 2.02. The molecule has 2 atom stereocenters. The van der Waals surface area contributed by atoms with Gasteiger partial charge in [-0.3, -0.25) is 9.89 Å². The molecule has 0 spiro atoms. The van der Waals surface area contributed by atoms with Crippen LogP contribution in [0.4, 0.5) is 0 Å². The number of H-pyrrole nitrogens is 1. The van der Waals surface area contributed by atoms with Crippen LogP contribution < -0.4 is 0 Å². The molecule has 2 rings (SSSR count). The molecule has 1 aromatic rings. The monoisotopic (exact) mass is 209 g/mol. The second-order valence-corrected chi connectivity index (χ2v) is 4.05. The molecule has 0 aromatic carbocycles. The first-order chi connectivity index (χ1) is 7.18. The summed E-state index contributed by atoms with van der Waals surface area (Å²) in [6, 6.07) is 1.65. The van der Waals surface area contributed by atoms with Gasteiger partial charge in [0.1, 0.15) is 5.69 Å². The van der Waals surface area contributed by atoms with E-state index in [-0.39, 0.29) is 11.8 Å².